The SMILES string of the molecule is CN(CC(=O)O)C(=O)/C=C/c1cccc(C#N)c1. The van der Waals surface area contributed by atoms with Crippen LogP contribution in [-0.4, -0.2) is 35.5 Å². The molecule has 0 aromatic heterocycles. The van der Waals surface area contributed by atoms with E-state index in [1.165, 1.54) is 13.1 Å². The van der Waals surface area contributed by atoms with Crippen LogP contribution in [0.15, 0.2) is 30.3 Å². The summed E-state index contributed by atoms with van der Waals surface area (Å²) in [6.07, 6.45) is 2.82. The average Bonchev–Trinajstić information content (AvgIpc) is 2.35. The first kappa shape index (κ1) is 13.5. The maximum atomic E-state index is 11.5. The van der Waals surface area contributed by atoms with Crippen LogP contribution < -0.4 is 0 Å². The Labute approximate surface area is 105 Å². The number of carbonyl (C=O) groups excluding carboxylic acids is 1. The van der Waals surface area contributed by atoms with Gasteiger partial charge in [0.15, 0.2) is 0 Å². The molecular weight excluding hydrogens is 232 g/mol. The number of hydrogen-bond acceptors (Lipinski definition) is 3. The summed E-state index contributed by atoms with van der Waals surface area (Å²) in [7, 11) is 1.41. The van der Waals surface area contributed by atoms with Crippen molar-refractivity contribution >= 4 is 18.0 Å². The zero-order valence-electron chi connectivity index (χ0n) is 9.83. The van der Waals surface area contributed by atoms with E-state index in [-0.39, 0.29) is 6.54 Å². The lowest BCUT2D eigenvalue weighted by molar-refractivity contribution is -0.141. The lowest BCUT2D eigenvalue weighted by Gasteiger charge is -2.11. The predicted molar refractivity (Wildman–Crippen MR) is 65.5 cm³/mol. The molecule has 1 aromatic carbocycles. The van der Waals surface area contributed by atoms with Crippen LogP contribution in [0.3, 0.4) is 0 Å². The van der Waals surface area contributed by atoms with Gasteiger partial charge in [-0.2, -0.15) is 5.26 Å². The maximum Gasteiger partial charge on any atom is 0.323 e. The highest BCUT2D eigenvalue weighted by molar-refractivity contribution is 5.93. The predicted octanol–water partition coefficient (Wildman–Crippen LogP) is 1.11. The highest BCUT2D eigenvalue weighted by Gasteiger charge is 2.08. The summed E-state index contributed by atoms with van der Waals surface area (Å²) < 4.78 is 0. The molecule has 5 nitrogen and oxygen atoms in total. The number of likely N-dealkylation sites (N-methyl/N-ethyl adjacent to an activating group) is 1. The first-order valence-electron chi connectivity index (χ1n) is 5.18. The Morgan fingerprint density at radius 3 is 2.83 bits per heavy atom. The molecule has 1 N–H and O–H groups in total. The highest BCUT2D eigenvalue weighted by atomic mass is 16.4. The number of aliphatic carboxylic acids is 1. The topological polar surface area (TPSA) is 81.4 Å². The van der Waals surface area contributed by atoms with E-state index in [2.05, 4.69) is 0 Å². The van der Waals surface area contributed by atoms with E-state index in [0.717, 1.165) is 4.90 Å². The fourth-order valence-corrected chi connectivity index (χ4v) is 1.29. The first-order chi connectivity index (χ1) is 8.52. The van der Waals surface area contributed by atoms with E-state index >= 15 is 0 Å². The molecule has 0 radical (unpaired) electrons. The molecule has 1 rings (SSSR count). The molecule has 18 heavy (non-hydrogen) atoms. The van der Waals surface area contributed by atoms with Gasteiger partial charge in [-0.05, 0) is 23.8 Å². The van der Waals surface area contributed by atoms with Crippen molar-refractivity contribution < 1.29 is 14.7 Å². The summed E-state index contributed by atoms with van der Waals surface area (Å²) in [6.45, 7) is -0.346. The van der Waals surface area contributed by atoms with E-state index < -0.39 is 11.9 Å². The van der Waals surface area contributed by atoms with E-state index in [4.69, 9.17) is 10.4 Å². The summed E-state index contributed by atoms with van der Waals surface area (Å²) in [6, 6.07) is 8.76. The summed E-state index contributed by atoms with van der Waals surface area (Å²) in [5, 5.41) is 17.2. The number of carboxylic acid groups (broad SMARTS) is 1. The molecule has 0 saturated carbocycles. The van der Waals surface area contributed by atoms with Gasteiger partial charge in [-0.1, -0.05) is 12.1 Å². The molecule has 0 saturated heterocycles. The van der Waals surface area contributed by atoms with Crippen LogP contribution in [0.2, 0.25) is 0 Å². The van der Waals surface area contributed by atoms with Crippen LogP contribution in [0.25, 0.3) is 6.08 Å². The number of hydrogen-bond donors (Lipinski definition) is 1. The van der Waals surface area contributed by atoms with Crippen LogP contribution in [0.1, 0.15) is 11.1 Å². The van der Waals surface area contributed by atoms with Crippen molar-refractivity contribution in [3.05, 3.63) is 41.5 Å². The number of nitriles is 1. The van der Waals surface area contributed by atoms with Gasteiger partial charge in [-0.15, -0.1) is 0 Å². The molecule has 1 aromatic rings. The molecule has 0 heterocycles. The van der Waals surface area contributed by atoms with Crippen molar-refractivity contribution in [3.63, 3.8) is 0 Å². The van der Waals surface area contributed by atoms with Gasteiger partial charge in [0.2, 0.25) is 5.91 Å². The lowest BCUT2D eigenvalue weighted by atomic mass is 10.1. The Bertz CT molecular complexity index is 529. The summed E-state index contributed by atoms with van der Waals surface area (Å²) in [4.78, 5) is 23.0. The molecule has 0 aliphatic heterocycles. The third-order valence-corrected chi connectivity index (χ3v) is 2.18. The minimum absolute atomic E-state index is 0.346. The zero-order chi connectivity index (χ0) is 13.5. The van der Waals surface area contributed by atoms with Gasteiger partial charge in [0.05, 0.1) is 11.6 Å². The van der Waals surface area contributed by atoms with Gasteiger partial charge >= 0.3 is 5.97 Å². The number of nitrogens with zero attached hydrogens (tertiary/aromatic N) is 2. The third-order valence-electron chi connectivity index (χ3n) is 2.18. The Hall–Kier alpha value is -2.61. The molecule has 0 atom stereocenters. The molecular formula is C13H12N2O3. The standard InChI is InChI=1S/C13H12N2O3/c1-15(9-13(17)18)12(16)6-5-10-3-2-4-11(7-10)8-14/h2-7H,9H2,1H3,(H,17,18)/b6-5+. The van der Waals surface area contributed by atoms with Crippen molar-refractivity contribution in [2.75, 3.05) is 13.6 Å². The fraction of sp³-hybridized carbons (Fsp3) is 0.154. The van der Waals surface area contributed by atoms with Gasteiger partial charge in [-0.25, -0.2) is 0 Å². The number of rotatable bonds is 4. The summed E-state index contributed by atoms with van der Waals surface area (Å²) in [5.41, 5.74) is 1.22. The number of benzene rings is 1. The van der Waals surface area contributed by atoms with Crippen LogP contribution in [0.4, 0.5) is 0 Å². The Balaban J connectivity index is 2.71. The number of amides is 1. The normalized spacial score (nSPS) is 10.0. The van der Waals surface area contributed by atoms with Gasteiger partial charge in [-0.3, -0.25) is 9.59 Å². The Morgan fingerprint density at radius 2 is 2.22 bits per heavy atom. The third kappa shape index (κ3) is 4.10. The fourth-order valence-electron chi connectivity index (χ4n) is 1.29. The molecule has 0 fully saturated rings. The Kier molecular flexibility index (Phi) is 4.64. The molecule has 0 spiro atoms. The molecule has 92 valence electrons. The first-order valence-corrected chi connectivity index (χ1v) is 5.18. The van der Waals surface area contributed by atoms with Crippen molar-refractivity contribution in [1.29, 1.82) is 5.26 Å². The number of carboxylic acids is 1. The smallest absolute Gasteiger partial charge is 0.323 e. The summed E-state index contributed by atoms with van der Waals surface area (Å²) >= 11 is 0. The van der Waals surface area contributed by atoms with Crippen molar-refractivity contribution in [2.45, 2.75) is 0 Å². The molecule has 5 heteroatoms. The Morgan fingerprint density at radius 1 is 1.50 bits per heavy atom. The van der Waals surface area contributed by atoms with E-state index in [1.807, 2.05) is 6.07 Å². The zero-order valence-corrected chi connectivity index (χ0v) is 9.83. The van der Waals surface area contributed by atoms with Crippen LogP contribution in [0, 0.1) is 11.3 Å². The van der Waals surface area contributed by atoms with Crippen molar-refractivity contribution in [1.82, 2.24) is 4.90 Å². The molecule has 0 unspecified atom stereocenters. The number of carbonyl (C=O) groups is 2. The molecule has 0 aliphatic rings. The monoisotopic (exact) mass is 244 g/mol. The van der Waals surface area contributed by atoms with Crippen molar-refractivity contribution in [3.8, 4) is 6.07 Å². The quantitative estimate of drug-likeness (QED) is 0.804. The van der Waals surface area contributed by atoms with E-state index in [0.29, 0.717) is 11.1 Å². The maximum absolute atomic E-state index is 11.5. The van der Waals surface area contributed by atoms with Gasteiger partial charge in [0, 0.05) is 13.1 Å². The highest BCUT2D eigenvalue weighted by Crippen LogP contribution is 2.06. The van der Waals surface area contributed by atoms with Crippen LogP contribution in [0.5, 0.6) is 0 Å². The second-order valence-electron chi connectivity index (χ2n) is 3.66. The molecule has 0 bridgehead atoms. The minimum atomic E-state index is -1.06. The molecule has 0 aliphatic carbocycles. The van der Waals surface area contributed by atoms with Crippen molar-refractivity contribution in [2.24, 2.45) is 0 Å². The van der Waals surface area contributed by atoms with Crippen LogP contribution in [-0.2, 0) is 9.59 Å². The van der Waals surface area contributed by atoms with Gasteiger partial charge in [0.25, 0.3) is 0 Å². The summed E-state index contributed by atoms with van der Waals surface area (Å²) in [5.74, 6) is -1.47. The minimum Gasteiger partial charge on any atom is -0.480 e. The van der Waals surface area contributed by atoms with Crippen LogP contribution >= 0.6 is 0 Å². The second-order valence-corrected chi connectivity index (χ2v) is 3.66. The van der Waals surface area contributed by atoms with Gasteiger partial charge in [0.1, 0.15) is 6.54 Å². The van der Waals surface area contributed by atoms with E-state index in [9.17, 15) is 9.59 Å². The largest absolute Gasteiger partial charge is 0.480 e. The second kappa shape index (κ2) is 6.21. The molecule has 1 amide bonds. The average molecular weight is 244 g/mol. The lowest BCUT2D eigenvalue weighted by Crippen LogP contribution is -2.30. The van der Waals surface area contributed by atoms with Gasteiger partial charge < -0.3 is 10.0 Å². The van der Waals surface area contributed by atoms with E-state index in [1.54, 1.807) is 30.3 Å².